The Morgan fingerprint density at radius 1 is 1.23 bits per heavy atom. The molecule has 13 heteroatoms. The first-order valence-corrected chi connectivity index (χ1v) is 12.1. The Bertz CT molecular complexity index is 1260. The van der Waals surface area contributed by atoms with E-state index >= 15 is 0 Å². The van der Waals surface area contributed by atoms with Gasteiger partial charge in [-0.05, 0) is 23.3 Å². The third-order valence-corrected chi connectivity index (χ3v) is 8.00. The molecule has 0 amide bonds. The van der Waals surface area contributed by atoms with E-state index in [9.17, 15) is 34.8 Å². The smallest absolute Gasteiger partial charge is 0.291 e. The average Bonchev–Trinajstić information content (AvgIpc) is 2.59. The zero-order chi connectivity index (χ0) is 22.6. The van der Waals surface area contributed by atoms with Crippen LogP contribution in [0.25, 0.3) is 0 Å². The summed E-state index contributed by atoms with van der Waals surface area (Å²) in [4.78, 5) is 16.7. The van der Waals surface area contributed by atoms with Crippen molar-refractivity contribution in [3.05, 3.63) is 57.9 Å². The number of fused-ring (bicyclic) bond motifs is 1. The Morgan fingerprint density at radius 3 is 2.43 bits per heavy atom. The highest BCUT2D eigenvalue weighted by Gasteiger charge is 2.48. The number of sulfonamides is 1. The van der Waals surface area contributed by atoms with Crippen LogP contribution in [-0.4, -0.2) is 40.9 Å². The van der Waals surface area contributed by atoms with Gasteiger partial charge in [-0.1, -0.05) is 23.7 Å². The lowest BCUT2D eigenvalue weighted by atomic mass is 9.96. The fraction of sp³-hybridized carbons (Fsp3) is 0.294. The largest absolute Gasteiger partial charge is 0.418 e. The van der Waals surface area contributed by atoms with E-state index in [1.807, 2.05) is 0 Å². The maximum absolute atomic E-state index is 14.1. The summed E-state index contributed by atoms with van der Waals surface area (Å²) >= 11 is 5.88. The van der Waals surface area contributed by atoms with Crippen LogP contribution in [0.4, 0.5) is 18.9 Å². The van der Waals surface area contributed by atoms with E-state index in [0.717, 1.165) is 19.2 Å². The Hall–Kier alpha value is -2.18. The number of Topliss-reactive ketones (excluding diaryl/α,β-unsaturated/α-hetero) is 1. The molecule has 7 nitrogen and oxygen atoms in total. The molecule has 1 aliphatic rings. The molecule has 0 saturated heterocycles. The van der Waals surface area contributed by atoms with Crippen molar-refractivity contribution in [2.45, 2.75) is 17.2 Å². The molecule has 3 rings (SSSR count). The van der Waals surface area contributed by atoms with Gasteiger partial charge in [0.1, 0.15) is 5.69 Å². The number of sulfone groups is 1. The van der Waals surface area contributed by atoms with Crippen LogP contribution in [0.5, 0.6) is 0 Å². The fourth-order valence-electron chi connectivity index (χ4n) is 3.27. The lowest BCUT2D eigenvalue weighted by Gasteiger charge is -2.29. The molecule has 30 heavy (non-hydrogen) atoms. The topological polar surface area (TPSA) is 101 Å². The first-order chi connectivity index (χ1) is 13.7. The number of carbonyl (C=O) groups excluding carboxylic acids is 1. The molecule has 1 atom stereocenters. The van der Waals surface area contributed by atoms with Crippen LogP contribution < -0.4 is 4.31 Å². The normalized spacial score (nSPS) is 18.7. The molecule has 162 valence electrons. The predicted octanol–water partition coefficient (Wildman–Crippen LogP) is 3.00. The van der Waals surface area contributed by atoms with E-state index in [1.165, 1.54) is 18.3 Å². The number of halogens is 4. The number of ketones is 1. The van der Waals surface area contributed by atoms with Gasteiger partial charge in [-0.3, -0.25) is 14.1 Å². The minimum atomic E-state index is -5.21. The minimum absolute atomic E-state index is 0.0785. The number of aromatic nitrogens is 1. The second-order valence-corrected chi connectivity index (χ2v) is 11.2. The first kappa shape index (κ1) is 22.5. The van der Waals surface area contributed by atoms with Crippen molar-refractivity contribution >= 4 is 42.9 Å². The number of nitrogens with zero attached hydrogens (tertiary/aromatic N) is 2. The Balaban J connectivity index is 2.38. The molecule has 0 N–H and O–H groups in total. The van der Waals surface area contributed by atoms with Crippen LogP contribution in [0.15, 0.2) is 30.5 Å². The van der Waals surface area contributed by atoms with E-state index in [0.29, 0.717) is 10.6 Å². The monoisotopic (exact) mass is 482 g/mol. The second-order valence-electron chi connectivity index (χ2n) is 6.65. The van der Waals surface area contributed by atoms with Crippen molar-refractivity contribution in [2.24, 2.45) is 0 Å². The molecule has 2 aromatic rings. The molecule has 1 aliphatic heterocycles. The molecule has 2 heterocycles. The van der Waals surface area contributed by atoms with Crippen LogP contribution in [0.2, 0.25) is 5.02 Å². The van der Waals surface area contributed by atoms with Gasteiger partial charge >= 0.3 is 6.18 Å². The minimum Gasteiger partial charge on any atom is -0.291 e. The van der Waals surface area contributed by atoms with Crippen molar-refractivity contribution < 1.29 is 34.8 Å². The Kier molecular flexibility index (Phi) is 5.40. The molecule has 1 unspecified atom stereocenters. The molecule has 1 aromatic carbocycles. The second kappa shape index (κ2) is 7.20. The SMILES string of the molecule is CN(c1c(Cl)ccc(C2C(=O)c3ncccc3CS2(=O)=O)c1C(F)(F)F)S(C)(=O)=O. The maximum Gasteiger partial charge on any atom is 0.418 e. The number of carbonyl (C=O) groups is 1. The number of hydrogen-bond donors (Lipinski definition) is 0. The van der Waals surface area contributed by atoms with Gasteiger partial charge in [-0.2, -0.15) is 13.2 Å². The van der Waals surface area contributed by atoms with Crippen molar-refractivity contribution in [1.82, 2.24) is 4.98 Å². The summed E-state index contributed by atoms with van der Waals surface area (Å²) < 4.78 is 92.0. The summed E-state index contributed by atoms with van der Waals surface area (Å²) in [5.41, 5.74) is -3.64. The van der Waals surface area contributed by atoms with Crippen LogP contribution in [0, 0.1) is 0 Å². The van der Waals surface area contributed by atoms with Gasteiger partial charge in [-0.15, -0.1) is 0 Å². The van der Waals surface area contributed by atoms with Crippen LogP contribution >= 0.6 is 11.6 Å². The third kappa shape index (κ3) is 3.79. The van der Waals surface area contributed by atoms with E-state index in [4.69, 9.17) is 11.6 Å². The Morgan fingerprint density at radius 2 is 1.87 bits per heavy atom. The highest BCUT2D eigenvalue weighted by molar-refractivity contribution is 7.92. The summed E-state index contributed by atoms with van der Waals surface area (Å²) in [6, 6.07) is 4.46. The van der Waals surface area contributed by atoms with Gasteiger partial charge in [0.15, 0.2) is 15.1 Å². The summed E-state index contributed by atoms with van der Waals surface area (Å²) in [5, 5.41) is -2.78. The van der Waals surface area contributed by atoms with Gasteiger partial charge in [-0.25, -0.2) is 16.8 Å². The van der Waals surface area contributed by atoms with Crippen LogP contribution in [0.1, 0.15) is 32.4 Å². The number of rotatable bonds is 3. The fourth-order valence-corrected chi connectivity index (χ4v) is 5.98. The van der Waals surface area contributed by atoms with Gasteiger partial charge in [0.05, 0.1) is 28.3 Å². The van der Waals surface area contributed by atoms with Crippen molar-refractivity contribution in [3.63, 3.8) is 0 Å². The molecular weight excluding hydrogens is 469 g/mol. The molecule has 0 aliphatic carbocycles. The van der Waals surface area contributed by atoms with E-state index in [1.54, 1.807) is 0 Å². The molecule has 0 radical (unpaired) electrons. The lowest BCUT2D eigenvalue weighted by molar-refractivity contribution is -0.137. The van der Waals surface area contributed by atoms with Crippen molar-refractivity contribution in [3.8, 4) is 0 Å². The van der Waals surface area contributed by atoms with E-state index in [2.05, 4.69) is 4.98 Å². The quantitative estimate of drug-likeness (QED) is 0.666. The highest BCUT2D eigenvalue weighted by Crippen LogP contribution is 2.48. The van der Waals surface area contributed by atoms with Gasteiger partial charge in [0.2, 0.25) is 15.8 Å². The van der Waals surface area contributed by atoms with Crippen molar-refractivity contribution in [1.29, 1.82) is 0 Å². The van der Waals surface area contributed by atoms with E-state index in [-0.39, 0.29) is 11.3 Å². The zero-order valence-electron chi connectivity index (χ0n) is 15.4. The van der Waals surface area contributed by atoms with Crippen molar-refractivity contribution in [2.75, 3.05) is 17.6 Å². The number of anilines is 1. The number of pyridine rings is 1. The van der Waals surface area contributed by atoms with Gasteiger partial charge < -0.3 is 0 Å². The van der Waals surface area contributed by atoms with Crippen LogP contribution in [-0.2, 0) is 31.8 Å². The summed E-state index contributed by atoms with van der Waals surface area (Å²) in [6.45, 7) is 0. The molecular formula is C17H14ClF3N2O5S2. The number of hydrogen-bond acceptors (Lipinski definition) is 6. The first-order valence-electron chi connectivity index (χ1n) is 8.19. The van der Waals surface area contributed by atoms with E-state index < -0.39 is 64.7 Å². The zero-order valence-corrected chi connectivity index (χ0v) is 17.8. The summed E-state index contributed by atoms with van der Waals surface area (Å²) in [5.74, 6) is -1.82. The standard InChI is InChI=1S/C17H14ClF3N2O5S2/c1-23(29(2,25)26)14-11(18)6-5-10(12(14)17(19,20)21)16-15(24)13-9(4-3-7-22-13)8-30(16,27)28/h3-7,16H,8H2,1-2H3. The number of benzene rings is 1. The predicted molar refractivity (Wildman–Crippen MR) is 104 cm³/mol. The third-order valence-electron chi connectivity index (χ3n) is 4.62. The molecule has 0 saturated carbocycles. The molecule has 0 fully saturated rings. The number of alkyl halides is 3. The Labute approximate surface area is 175 Å². The van der Waals surface area contributed by atoms with Crippen LogP contribution in [0.3, 0.4) is 0 Å². The van der Waals surface area contributed by atoms with Gasteiger partial charge in [0, 0.05) is 13.2 Å². The summed E-state index contributed by atoms with van der Waals surface area (Å²) in [7, 11) is -7.76. The molecule has 0 bridgehead atoms. The summed E-state index contributed by atoms with van der Waals surface area (Å²) in [6.07, 6.45) is -3.32. The maximum atomic E-state index is 14.1. The molecule has 0 spiro atoms. The lowest BCUT2D eigenvalue weighted by Crippen LogP contribution is -2.34. The highest BCUT2D eigenvalue weighted by atomic mass is 35.5. The molecule has 1 aromatic heterocycles. The average molecular weight is 483 g/mol. The van der Waals surface area contributed by atoms with Gasteiger partial charge in [0.25, 0.3) is 0 Å².